The van der Waals surface area contributed by atoms with Crippen LogP contribution in [0.25, 0.3) is 0 Å². The lowest BCUT2D eigenvalue weighted by Gasteiger charge is -2.24. The van der Waals surface area contributed by atoms with Crippen molar-refractivity contribution in [3.8, 4) is 11.5 Å². The molecule has 1 unspecified atom stereocenters. The number of hydrogen-bond acceptors (Lipinski definition) is 4. The van der Waals surface area contributed by atoms with Gasteiger partial charge in [0.2, 0.25) is 10.0 Å². The second-order valence-electron chi connectivity index (χ2n) is 8.21. The molecule has 1 heterocycles. The smallest absolute Gasteiger partial charge is 0.325 e. The molecule has 1 N–H and O–H groups in total. The van der Waals surface area contributed by atoms with Crippen molar-refractivity contribution < 1.29 is 22.3 Å². The summed E-state index contributed by atoms with van der Waals surface area (Å²) in [6.45, 7) is 0.0409. The Balaban J connectivity index is 1.58. The lowest BCUT2D eigenvalue weighted by molar-refractivity contribution is 0.221. The summed E-state index contributed by atoms with van der Waals surface area (Å²) in [5.74, 6) is 1.22. The van der Waals surface area contributed by atoms with Crippen molar-refractivity contribution in [2.45, 2.75) is 12.7 Å². The molecule has 1 aliphatic heterocycles. The van der Waals surface area contributed by atoms with Crippen LogP contribution in [0.1, 0.15) is 17.2 Å². The average molecular weight is 518 g/mol. The van der Waals surface area contributed by atoms with Gasteiger partial charge in [0.25, 0.3) is 0 Å². The number of carbonyl (C=O) groups is 1. The largest absolute Gasteiger partial charge is 0.457 e. The number of amides is 2. The Morgan fingerprint density at radius 1 is 1.06 bits per heavy atom. The molecule has 35 heavy (non-hydrogen) atoms. The third-order valence-corrected chi connectivity index (χ3v) is 6.56. The molecule has 1 aliphatic rings. The number of alkyl halides is 1. The van der Waals surface area contributed by atoms with Gasteiger partial charge in [-0.25, -0.2) is 22.3 Å². The quantitative estimate of drug-likeness (QED) is 0.426. The van der Waals surface area contributed by atoms with Crippen molar-refractivity contribution in [1.29, 1.82) is 0 Å². The van der Waals surface area contributed by atoms with Gasteiger partial charge in [0.15, 0.2) is 0 Å². The van der Waals surface area contributed by atoms with Gasteiger partial charge >= 0.3 is 6.03 Å². The van der Waals surface area contributed by atoms with Gasteiger partial charge in [-0.15, -0.1) is 0 Å². The van der Waals surface area contributed by atoms with E-state index in [-0.39, 0.29) is 25.2 Å². The fraction of sp³-hybridized carbons (Fsp3) is 0.240. The predicted octanol–water partition coefficient (Wildman–Crippen LogP) is 5.13. The number of halogens is 2. The van der Waals surface area contributed by atoms with E-state index in [2.05, 4.69) is 4.72 Å². The summed E-state index contributed by atoms with van der Waals surface area (Å²) in [5, 5.41) is 0.611. The first-order valence-electron chi connectivity index (χ1n) is 10.9. The van der Waals surface area contributed by atoms with Crippen LogP contribution in [0, 0.1) is 0 Å². The zero-order chi connectivity index (χ0) is 25.0. The topological polar surface area (TPSA) is 79.0 Å². The number of benzene rings is 3. The minimum atomic E-state index is -3.37. The van der Waals surface area contributed by atoms with E-state index in [4.69, 9.17) is 16.3 Å². The molecular weight excluding hydrogens is 493 g/mol. The Kier molecular flexibility index (Phi) is 7.59. The summed E-state index contributed by atoms with van der Waals surface area (Å²) in [6, 6.07) is 20.5. The second kappa shape index (κ2) is 10.6. The van der Waals surface area contributed by atoms with Gasteiger partial charge in [0.1, 0.15) is 18.2 Å². The molecule has 7 nitrogen and oxygen atoms in total. The molecule has 4 rings (SSSR count). The van der Waals surface area contributed by atoms with Crippen LogP contribution in [0.3, 0.4) is 0 Å². The Labute approximate surface area is 209 Å². The first-order chi connectivity index (χ1) is 16.7. The molecule has 184 valence electrons. The van der Waals surface area contributed by atoms with Gasteiger partial charge < -0.3 is 9.64 Å². The predicted molar refractivity (Wildman–Crippen MR) is 134 cm³/mol. The van der Waals surface area contributed by atoms with Gasteiger partial charge in [0.05, 0.1) is 12.3 Å². The van der Waals surface area contributed by atoms with Crippen LogP contribution in [0.5, 0.6) is 11.5 Å². The third kappa shape index (κ3) is 6.30. The maximum absolute atomic E-state index is 13.4. The van der Waals surface area contributed by atoms with Gasteiger partial charge in [-0.2, -0.15) is 0 Å². The first kappa shape index (κ1) is 25.0. The van der Waals surface area contributed by atoms with E-state index in [9.17, 15) is 17.6 Å². The minimum absolute atomic E-state index is 0.101. The van der Waals surface area contributed by atoms with Crippen molar-refractivity contribution in [1.82, 2.24) is 9.62 Å². The number of anilines is 1. The Bertz CT molecular complexity index is 1290. The van der Waals surface area contributed by atoms with Crippen molar-refractivity contribution in [3.05, 3.63) is 88.9 Å². The highest BCUT2D eigenvalue weighted by molar-refractivity contribution is 7.88. The molecule has 0 spiro atoms. The number of carbonyl (C=O) groups excluding carboxylic acids is 1. The normalized spacial score (nSPS) is 16.1. The number of hydrogen-bond donors (Lipinski definition) is 1. The average Bonchev–Trinajstić information content (AvgIpc) is 3.16. The highest BCUT2D eigenvalue weighted by Crippen LogP contribution is 2.36. The number of nitrogens with one attached hydrogen (secondary N) is 1. The molecule has 0 aromatic heterocycles. The molecule has 1 saturated heterocycles. The van der Waals surface area contributed by atoms with Crippen LogP contribution in [0.4, 0.5) is 14.9 Å². The van der Waals surface area contributed by atoms with Crippen LogP contribution in [-0.4, -0.2) is 45.2 Å². The van der Waals surface area contributed by atoms with Gasteiger partial charge in [-0.3, -0.25) is 4.90 Å². The molecule has 10 heteroatoms. The van der Waals surface area contributed by atoms with Crippen molar-refractivity contribution in [3.63, 3.8) is 0 Å². The Morgan fingerprint density at radius 2 is 1.71 bits per heavy atom. The summed E-state index contributed by atoms with van der Waals surface area (Å²) in [5.41, 5.74) is 1.97. The van der Waals surface area contributed by atoms with Crippen molar-refractivity contribution in [2.75, 3.05) is 30.8 Å². The number of rotatable bonds is 9. The molecular formula is C25H25ClFN3O4S. The zero-order valence-corrected chi connectivity index (χ0v) is 20.6. The number of sulfonamides is 1. The lowest BCUT2D eigenvalue weighted by atomic mass is 10.0. The summed E-state index contributed by atoms with van der Waals surface area (Å²) < 4.78 is 44.4. The molecule has 3 aromatic rings. The van der Waals surface area contributed by atoms with Crippen LogP contribution >= 0.6 is 11.6 Å². The molecule has 0 radical (unpaired) electrons. The van der Waals surface area contributed by atoms with Gasteiger partial charge in [-0.1, -0.05) is 35.9 Å². The van der Waals surface area contributed by atoms with Gasteiger partial charge in [-0.05, 0) is 59.7 Å². The minimum Gasteiger partial charge on any atom is -0.457 e. The van der Waals surface area contributed by atoms with E-state index in [0.717, 1.165) is 11.8 Å². The van der Waals surface area contributed by atoms with Crippen LogP contribution in [-0.2, 0) is 16.7 Å². The summed E-state index contributed by atoms with van der Waals surface area (Å²) >= 11 is 5.92. The van der Waals surface area contributed by atoms with E-state index in [0.29, 0.717) is 34.3 Å². The van der Waals surface area contributed by atoms with E-state index < -0.39 is 16.7 Å². The fourth-order valence-electron chi connectivity index (χ4n) is 3.95. The van der Waals surface area contributed by atoms with Crippen molar-refractivity contribution in [2.24, 2.45) is 0 Å². The number of ether oxygens (including phenoxy) is 1. The van der Waals surface area contributed by atoms with E-state index in [1.54, 1.807) is 76.5 Å². The highest BCUT2D eigenvalue weighted by atomic mass is 35.5. The van der Waals surface area contributed by atoms with Crippen LogP contribution in [0.2, 0.25) is 5.02 Å². The van der Waals surface area contributed by atoms with E-state index >= 15 is 0 Å². The number of nitrogens with zero attached hydrogens (tertiary/aromatic N) is 2. The standard InChI is InChI=1S/C25H25ClFN3O4S/c1-35(32,33)28-13-14-29-17-24(19-4-2-3-18(15-19)16-27)30(25(29)31)21-7-11-23(12-8-21)34-22-9-5-20(26)6-10-22/h2-12,15,24,28H,13-14,16-17H2,1H3. The summed E-state index contributed by atoms with van der Waals surface area (Å²) in [7, 11) is -3.37. The maximum atomic E-state index is 13.4. The second-order valence-corrected chi connectivity index (χ2v) is 10.5. The van der Waals surface area contributed by atoms with Crippen LogP contribution in [0.15, 0.2) is 72.8 Å². The monoisotopic (exact) mass is 517 g/mol. The summed E-state index contributed by atoms with van der Waals surface area (Å²) in [4.78, 5) is 16.6. The SMILES string of the molecule is CS(=O)(=O)NCCN1CC(c2cccc(CF)c2)N(c2ccc(Oc3ccc(Cl)cc3)cc2)C1=O. The maximum Gasteiger partial charge on any atom is 0.325 e. The van der Waals surface area contributed by atoms with E-state index in [1.165, 1.54) is 0 Å². The first-order valence-corrected chi connectivity index (χ1v) is 13.2. The molecule has 2 amide bonds. The molecule has 0 aliphatic carbocycles. The number of urea groups is 1. The highest BCUT2D eigenvalue weighted by Gasteiger charge is 2.39. The molecule has 3 aromatic carbocycles. The van der Waals surface area contributed by atoms with Gasteiger partial charge in [0, 0.05) is 30.3 Å². The molecule has 1 atom stereocenters. The third-order valence-electron chi connectivity index (χ3n) is 5.58. The zero-order valence-electron chi connectivity index (χ0n) is 19.0. The fourth-order valence-corrected chi connectivity index (χ4v) is 4.54. The van der Waals surface area contributed by atoms with Crippen LogP contribution < -0.4 is 14.4 Å². The molecule has 0 saturated carbocycles. The van der Waals surface area contributed by atoms with E-state index in [1.807, 2.05) is 6.07 Å². The molecule has 0 bridgehead atoms. The van der Waals surface area contributed by atoms with Crippen molar-refractivity contribution >= 4 is 33.3 Å². The Hall–Kier alpha value is -3.14. The summed E-state index contributed by atoms with van der Waals surface area (Å²) in [6.07, 6.45) is 1.07. The molecule has 1 fully saturated rings. The Morgan fingerprint density at radius 3 is 2.34 bits per heavy atom. The lowest BCUT2D eigenvalue weighted by Crippen LogP contribution is -2.37.